The number of piperazine rings is 1. The molecule has 2 N–H and O–H groups in total. The summed E-state index contributed by atoms with van der Waals surface area (Å²) in [5.74, 6) is -0.137. The molecule has 4 amide bonds. The third kappa shape index (κ3) is 11.0. The van der Waals surface area contributed by atoms with Crippen molar-refractivity contribution in [1.29, 1.82) is 0 Å². The molecule has 1 aromatic carbocycles. The van der Waals surface area contributed by atoms with E-state index in [9.17, 15) is 24.0 Å². The fraction of sp³-hybridized carbons (Fsp3) is 0.615. The molecule has 3 aliphatic rings. The van der Waals surface area contributed by atoms with Crippen molar-refractivity contribution in [3.8, 4) is 11.4 Å². The molecule has 3 fully saturated rings. The summed E-state index contributed by atoms with van der Waals surface area (Å²) in [4.78, 5) is 80.4. The zero-order valence-electron chi connectivity index (χ0n) is 32.6. The highest BCUT2D eigenvalue weighted by Gasteiger charge is 2.57. The maximum Gasteiger partial charge on any atom is 0.409 e. The molecule has 5 rings (SSSR count). The molecule has 1 aliphatic carbocycles. The first kappa shape index (κ1) is 40.2. The lowest BCUT2D eigenvalue weighted by Crippen LogP contribution is -2.56. The molecule has 0 spiro atoms. The molecule has 0 unspecified atom stereocenters. The van der Waals surface area contributed by atoms with Crippen molar-refractivity contribution in [3.63, 3.8) is 0 Å². The van der Waals surface area contributed by atoms with Crippen LogP contribution in [0.15, 0.2) is 36.4 Å². The summed E-state index contributed by atoms with van der Waals surface area (Å²) < 4.78 is 16.3. The molecule has 15 nitrogen and oxygen atoms in total. The number of rotatable bonds is 12. The average molecular weight is 750 g/mol. The lowest BCUT2D eigenvalue weighted by Gasteiger charge is -2.36. The van der Waals surface area contributed by atoms with E-state index in [4.69, 9.17) is 19.2 Å². The van der Waals surface area contributed by atoms with Gasteiger partial charge in [-0.15, -0.1) is 0 Å². The van der Waals surface area contributed by atoms with Crippen LogP contribution >= 0.6 is 0 Å². The second kappa shape index (κ2) is 17.0. The minimum atomic E-state index is -1.06. The van der Waals surface area contributed by atoms with Crippen LogP contribution in [0.4, 0.5) is 15.4 Å². The Balaban J connectivity index is 1.31. The number of hydrogen-bond acceptors (Lipinski definition) is 11. The number of carbonyl (C=O) groups is 5. The van der Waals surface area contributed by atoms with Crippen molar-refractivity contribution in [2.75, 3.05) is 50.8 Å². The number of amides is 4. The van der Waals surface area contributed by atoms with Gasteiger partial charge in [-0.05, 0) is 54.4 Å². The summed E-state index contributed by atoms with van der Waals surface area (Å²) in [6.07, 6.45) is 0.731. The van der Waals surface area contributed by atoms with Gasteiger partial charge in [-0.3, -0.25) is 14.4 Å². The van der Waals surface area contributed by atoms with Crippen LogP contribution in [0.2, 0.25) is 0 Å². The molecular weight excluding hydrogens is 694 g/mol. The minimum absolute atomic E-state index is 0.000357. The standard InChI is InChI=1S/C39H55N7O8/c1-8-9-21-52-37(51)45-19-17-44(18-20-45)35(49)28(15-16-31(47)53-38(2,3)4)41-34(48)29-22-30(42-33(40-29)25-13-11-10-12-14-25)46-23-26-27(24-46)32(26)43-36(50)54-39(5,6)7/h10-14,22,26-28,32H,8-9,15-21,23-24H2,1-7H3,(H,41,48)(H,43,50)/t26-,27+,28-,32-/m0/s1. The highest BCUT2D eigenvalue weighted by atomic mass is 16.6. The lowest BCUT2D eigenvalue weighted by atomic mass is 10.1. The summed E-state index contributed by atoms with van der Waals surface area (Å²) in [5, 5.41) is 5.85. The van der Waals surface area contributed by atoms with E-state index >= 15 is 0 Å². The van der Waals surface area contributed by atoms with Gasteiger partial charge in [0, 0.05) is 75.2 Å². The number of ether oxygens (including phenoxy) is 3. The number of benzene rings is 1. The number of unbranched alkanes of at least 4 members (excludes halogenated alkanes) is 1. The first-order chi connectivity index (χ1) is 25.5. The quantitative estimate of drug-likeness (QED) is 0.179. The number of anilines is 1. The largest absolute Gasteiger partial charge is 0.460 e. The minimum Gasteiger partial charge on any atom is -0.460 e. The fourth-order valence-corrected chi connectivity index (χ4v) is 6.67. The number of carbonyl (C=O) groups excluding carboxylic acids is 5. The number of piperidine rings is 1. The van der Waals surface area contributed by atoms with Gasteiger partial charge in [0.15, 0.2) is 5.82 Å². The monoisotopic (exact) mass is 749 g/mol. The second-order valence-electron chi connectivity index (χ2n) is 16.1. The van der Waals surface area contributed by atoms with Crippen molar-refractivity contribution in [2.24, 2.45) is 11.8 Å². The Morgan fingerprint density at radius 3 is 2.11 bits per heavy atom. The van der Waals surface area contributed by atoms with Crippen molar-refractivity contribution < 1.29 is 38.2 Å². The van der Waals surface area contributed by atoms with Gasteiger partial charge in [0.05, 0.1) is 6.61 Å². The molecule has 15 heteroatoms. The van der Waals surface area contributed by atoms with Crippen molar-refractivity contribution in [2.45, 2.75) is 97.4 Å². The number of esters is 1. The van der Waals surface area contributed by atoms with Crippen LogP contribution in [0, 0.1) is 11.8 Å². The van der Waals surface area contributed by atoms with Crippen LogP contribution < -0.4 is 15.5 Å². The van der Waals surface area contributed by atoms with E-state index in [1.54, 1.807) is 36.6 Å². The van der Waals surface area contributed by atoms with Crippen molar-refractivity contribution in [3.05, 3.63) is 42.1 Å². The molecular formula is C39H55N7O8. The van der Waals surface area contributed by atoms with Gasteiger partial charge >= 0.3 is 18.2 Å². The van der Waals surface area contributed by atoms with Gasteiger partial charge in [-0.2, -0.15) is 0 Å². The Labute approximate surface area is 317 Å². The van der Waals surface area contributed by atoms with Gasteiger partial charge in [0.25, 0.3) is 5.91 Å². The van der Waals surface area contributed by atoms with Gasteiger partial charge < -0.3 is 39.5 Å². The third-order valence-corrected chi connectivity index (χ3v) is 9.41. The van der Waals surface area contributed by atoms with Gasteiger partial charge in [0.1, 0.15) is 28.8 Å². The Morgan fingerprint density at radius 1 is 0.870 bits per heavy atom. The number of nitrogens with one attached hydrogen (secondary N) is 2. The Hall–Kier alpha value is -4.95. The van der Waals surface area contributed by atoms with E-state index in [0.717, 1.165) is 12.8 Å². The van der Waals surface area contributed by atoms with E-state index in [1.165, 1.54) is 0 Å². The van der Waals surface area contributed by atoms with Gasteiger partial charge in [-0.1, -0.05) is 43.7 Å². The Morgan fingerprint density at radius 2 is 1.50 bits per heavy atom. The summed E-state index contributed by atoms with van der Waals surface area (Å²) in [6, 6.07) is 9.86. The predicted molar refractivity (Wildman–Crippen MR) is 201 cm³/mol. The number of alkyl carbamates (subject to hydrolysis) is 1. The van der Waals surface area contributed by atoms with Gasteiger partial charge in [0.2, 0.25) is 5.91 Å². The van der Waals surface area contributed by atoms with Crippen molar-refractivity contribution in [1.82, 2.24) is 30.4 Å². The number of aromatic nitrogens is 2. The normalized spacial score (nSPS) is 20.1. The maximum absolute atomic E-state index is 14.1. The summed E-state index contributed by atoms with van der Waals surface area (Å²) in [7, 11) is 0. The van der Waals surface area contributed by atoms with Crippen LogP contribution in [0.1, 0.15) is 84.6 Å². The fourth-order valence-electron chi connectivity index (χ4n) is 6.67. The van der Waals surface area contributed by atoms with E-state index in [-0.39, 0.29) is 68.5 Å². The third-order valence-electron chi connectivity index (χ3n) is 9.41. The summed E-state index contributed by atoms with van der Waals surface area (Å²) in [5.41, 5.74) is -0.526. The Kier molecular flexibility index (Phi) is 12.7. The molecule has 2 aliphatic heterocycles. The van der Waals surface area contributed by atoms with E-state index in [0.29, 0.717) is 36.9 Å². The first-order valence-corrected chi connectivity index (χ1v) is 18.9. The predicted octanol–water partition coefficient (Wildman–Crippen LogP) is 4.40. The topological polar surface area (TPSA) is 173 Å². The van der Waals surface area contributed by atoms with E-state index in [2.05, 4.69) is 20.5 Å². The number of fused-ring (bicyclic) bond motifs is 1. The molecule has 3 heterocycles. The SMILES string of the molecule is CCCCOC(=O)N1CCN(C(=O)[C@H](CCC(=O)OC(C)(C)C)NC(=O)c2cc(N3C[C@@H]4[C@H](C3)[C@@H]4NC(=O)OC(C)(C)C)nc(-c3ccccc3)n2)CC1. The number of nitrogens with zero attached hydrogens (tertiary/aromatic N) is 5. The maximum atomic E-state index is 14.1. The van der Waals surface area contributed by atoms with Crippen LogP contribution in [0.3, 0.4) is 0 Å². The average Bonchev–Trinajstić information content (AvgIpc) is 3.52. The smallest absolute Gasteiger partial charge is 0.409 e. The van der Waals surface area contributed by atoms with E-state index in [1.807, 2.05) is 58.0 Å². The van der Waals surface area contributed by atoms with Gasteiger partial charge in [-0.25, -0.2) is 19.6 Å². The zero-order valence-corrected chi connectivity index (χ0v) is 32.6. The molecule has 1 aromatic heterocycles. The molecule has 2 saturated heterocycles. The molecule has 2 aromatic rings. The highest BCUT2D eigenvalue weighted by Crippen LogP contribution is 2.46. The molecule has 1 saturated carbocycles. The second-order valence-corrected chi connectivity index (χ2v) is 16.1. The van der Waals surface area contributed by atoms with Crippen LogP contribution in [-0.4, -0.2) is 119 Å². The van der Waals surface area contributed by atoms with Crippen molar-refractivity contribution >= 4 is 35.8 Å². The van der Waals surface area contributed by atoms with Crippen LogP contribution in [0.25, 0.3) is 11.4 Å². The first-order valence-electron chi connectivity index (χ1n) is 18.9. The lowest BCUT2D eigenvalue weighted by molar-refractivity contribution is -0.155. The molecule has 294 valence electrons. The molecule has 54 heavy (non-hydrogen) atoms. The highest BCUT2D eigenvalue weighted by molar-refractivity contribution is 5.97. The van der Waals surface area contributed by atoms with Crippen LogP contribution in [0.5, 0.6) is 0 Å². The molecule has 0 bridgehead atoms. The van der Waals surface area contributed by atoms with Crippen LogP contribution in [-0.2, 0) is 23.8 Å². The summed E-state index contributed by atoms with van der Waals surface area (Å²) >= 11 is 0. The molecule has 0 radical (unpaired) electrons. The number of hydrogen-bond donors (Lipinski definition) is 2. The van der Waals surface area contributed by atoms with E-state index < -0.39 is 41.3 Å². The zero-order chi connectivity index (χ0) is 39.2. The molecule has 4 atom stereocenters. The summed E-state index contributed by atoms with van der Waals surface area (Å²) in [6.45, 7) is 15.4. The Bertz CT molecular complexity index is 1650.